The van der Waals surface area contributed by atoms with Gasteiger partial charge in [0.2, 0.25) is 0 Å². The molecule has 3 rings (SSSR count). The molecule has 17 heavy (non-hydrogen) atoms. The second-order valence-corrected chi connectivity index (χ2v) is 6.06. The number of aromatic nitrogens is 1. The summed E-state index contributed by atoms with van der Waals surface area (Å²) < 4.78 is 2.71. The summed E-state index contributed by atoms with van der Waals surface area (Å²) in [6, 6.07) is 1.94. The van der Waals surface area contributed by atoms with Crippen molar-refractivity contribution in [1.82, 2.24) is 9.88 Å². The highest BCUT2D eigenvalue weighted by Crippen LogP contribution is 2.37. The van der Waals surface area contributed by atoms with Crippen molar-refractivity contribution in [1.29, 1.82) is 0 Å². The summed E-state index contributed by atoms with van der Waals surface area (Å²) in [5.74, 6) is 0. The lowest BCUT2D eigenvalue weighted by atomic mass is 9.89. The highest BCUT2D eigenvalue weighted by Gasteiger charge is 2.40. The maximum absolute atomic E-state index is 12.4. The molecule has 0 radical (unpaired) electrons. The van der Waals surface area contributed by atoms with E-state index in [0.29, 0.717) is 4.47 Å². The summed E-state index contributed by atoms with van der Waals surface area (Å²) in [5, 5.41) is 3.59. The predicted octanol–water partition coefficient (Wildman–Crippen LogP) is 2.64. The molecule has 0 aromatic carbocycles. The van der Waals surface area contributed by atoms with Crippen LogP contribution in [0.1, 0.15) is 43.4 Å². The molecule has 1 fully saturated rings. The Bertz CT molecular complexity index is 515. The molecule has 2 heterocycles. The average Bonchev–Trinajstić information content (AvgIpc) is 2.67. The lowest BCUT2D eigenvalue weighted by molar-refractivity contribution is 0.165. The zero-order valence-electron chi connectivity index (χ0n) is 10.1. The van der Waals surface area contributed by atoms with Gasteiger partial charge in [-0.1, -0.05) is 6.42 Å². The van der Waals surface area contributed by atoms with E-state index in [1.807, 2.05) is 10.6 Å². The molecule has 1 aliphatic carbocycles. The van der Waals surface area contributed by atoms with E-state index in [0.717, 1.165) is 19.4 Å². The molecule has 4 heteroatoms. The van der Waals surface area contributed by atoms with Crippen LogP contribution in [0.4, 0.5) is 0 Å². The normalized spacial score (nSPS) is 21.8. The number of hydrogen-bond acceptors (Lipinski definition) is 2. The summed E-state index contributed by atoms with van der Waals surface area (Å²) >= 11 is 3.39. The summed E-state index contributed by atoms with van der Waals surface area (Å²) in [7, 11) is 0. The van der Waals surface area contributed by atoms with Crippen LogP contribution in [-0.2, 0) is 12.2 Å². The summed E-state index contributed by atoms with van der Waals surface area (Å²) in [5.41, 5.74) is 2.39. The first-order valence-corrected chi connectivity index (χ1v) is 7.10. The Balaban J connectivity index is 2.21. The number of fused-ring (bicyclic) bond motifs is 2. The zero-order chi connectivity index (χ0) is 12.0. The number of pyridine rings is 1. The Kier molecular flexibility index (Phi) is 2.67. The molecule has 3 nitrogen and oxygen atoms in total. The number of nitrogens with zero attached hydrogens (tertiary/aromatic N) is 1. The van der Waals surface area contributed by atoms with Crippen molar-refractivity contribution in [2.75, 3.05) is 0 Å². The highest BCUT2D eigenvalue weighted by molar-refractivity contribution is 9.10. The van der Waals surface area contributed by atoms with Gasteiger partial charge in [-0.05, 0) is 60.2 Å². The fourth-order valence-electron chi connectivity index (χ4n) is 3.28. The third-order valence-electron chi connectivity index (χ3n) is 4.17. The molecular weight excluding hydrogens is 280 g/mol. The van der Waals surface area contributed by atoms with E-state index in [1.54, 1.807) is 0 Å². The Morgan fingerprint density at radius 3 is 2.76 bits per heavy atom. The van der Waals surface area contributed by atoms with Gasteiger partial charge < -0.3 is 0 Å². The minimum atomic E-state index is -0.0980. The Morgan fingerprint density at radius 2 is 2.06 bits per heavy atom. The molecule has 92 valence electrons. The summed E-state index contributed by atoms with van der Waals surface area (Å²) in [6.45, 7) is 2.91. The molecule has 0 amide bonds. The molecule has 1 aromatic heterocycles. The van der Waals surface area contributed by atoms with E-state index in [-0.39, 0.29) is 11.2 Å². The van der Waals surface area contributed by atoms with Crippen molar-refractivity contribution >= 4 is 15.9 Å². The van der Waals surface area contributed by atoms with E-state index in [1.165, 1.54) is 30.5 Å². The van der Waals surface area contributed by atoms with E-state index in [4.69, 9.17) is 0 Å². The van der Waals surface area contributed by atoms with Crippen molar-refractivity contribution < 1.29 is 0 Å². The van der Waals surface area contributed by atoms with Gasteiger partial charge in [0.25, 0.3) is 5.56 Å². The molecule has 1 aliphatic heterocycles. The summed E-state index contributed by atoms with van der Waals surface area (Å²) in [6.07, 6.45) is 5.88. The van der Waals surface area contributed by atoms with Crippen LogP contribution in [0.15, 0.2) is 15.3 Å². The Hall–Kier alpha value is -0.610. The van der Waals surface area contributed by atoms with Gasteiger partial charge in [0.1, 0.15) is 0 Å². The third-order valence-corrected chi connectivity index (χ3v) is 4.74. The standard InChI is InChI=1S/C13H17BrN2O/c1-9-7-10(14)12(17)16-11(9)8-15-13(16)5-3-2-4-6-13/h7,15H,2-6,8H2,1H3. The summed E-state index contributed by atoms with van der Waals surface area (Å²) in [4.78, 5) is 12.4. The monoisotopic (exact) mass is 296 g/mol. The van der Waals surface area contributed by atoms with Gasteiger partial charge in [-0.2, -0.15) is 0 Å². The van der Waals surface area contributed by atoms with Crippen molar-refractivity contribution in [3.05, 3.63) is 32.2 Å². The first-order valence-electron chi connectivity index (χ1n) is 6.31. The first-order chi connectivity index (χ1) is 8.14. The molecule has 1 spiro atoms. The number of hydrogen-bond donors (Lipinski definition) is 1. The maximum atomic E-state index is 12.4. The minimum absolute atomic E-state index is 0.0980. The number of aryl methyl sites for hydroxylation is 1. The molecular formula is C13H17BrN2O. The average molecular weight is 297 g/mol. The number of nitrogens with one attached hydrogen (secondary N) is 1. The van der Waals surface area contributed by atoms with Crippen molar-refractivity contribution in [2.45, 2.75) is 51.2 Å². The minimum Gasteiger partial charge on any atom is -0.291 e. The van der Waals surface area contributed by atoms with Crippen LogP contribution in [0, 0.1) is 6.92 Å². The third kappa shape index (κ3) is 1.61. The van der Waals surface area contributed by atoms with Crippen LogP contribution in [-0.4, -0.2) is 4.57 Å². The molecule has 1 aromatic rings. The van der Waals surface area contributed by atoms with Crippen LogP contribution in [0.3, 0.4) is 0 Å². The lowest BCUT2D eigenvalue weighted by Gasteiger charge is -2.35. The molecule has 0 bridgehead atoms. The Labute approximate surface area is 109 Å². The predicted molar refractivity (Wildman–Crippen MR) is 71.0 cm³/mol. The van der Waals surface area contributed by atoms with Crippen LogP contribution in [0.2, 0.25) is 0 Å². The number of halogens is 1. The molecule has 0 atom stereocenters. The van der Waals surface area contributed by atoms with Crippen LogP contribution >= 0.6 is 15.9 Å². The lowest BCUT2D eigenvalue weighted by Crippen LogP contribution is -2.47. The van der Waals surface area contributed by atoms with E-state index in [9.17, 15) is 4.79 Å². The van der Waals surface area contributed by atoms with Gasteiger partial charge in [-0.3, -0.25) is 14.7 Å². The second kappa shape index (κ2) is 3.95. The first kappa shape index (κ1) is 11.5. The maximum Gasteiger partial charge on any atom is 0.266 e. The van der Waals surface area contributed by atoms with Gasteiger partial charge in [-0.15, -0.1) is 0 Å². The van der Waals surface area contributed by atoms with Crippen molar-refractivity contribution in [3.63, 3.8) is 0 Å². The topological polar surface area (TPSA) is 34.0 Å². The Morgan fingerprint density at radius 1 is 1.35 bits per heavy atom. The number of rotatable bonds is 0. The van der Waals surface area contributed by atoms with Crippen LogP contribution in [0.25, 0.3) is 0 Å². The molecule has 2 aliphatic rings. The molecule has 0 unspecified atom stereocenters. The largest absolute Gasteiger partial charge is 0.291 e. The molecule has 1 N–H and O–H groups in total. The van der Waals surface area contributed by atoms with Crippen LogP contribution < -0.4 is 10.9 Å². The van der Waals surface area contributed by atoms with Gasteiger partial charge in [0.05, 0.1) is 10.1 Å². The van der Waals surface area contributed by atoms with Crippen molar-refractivity contribution in [2.24, 2.45) is 0 Å². The van der Waals surface area contributed by atoms with Gasteiger partial charge in [0.15, 0.2) is 0 Å². The second-order valence-electron chi connectivity index (χ2n) is 5.21. The van der Waals surface area contributed by atoms with Crippen molar-refractivity contribution in [3.8, 4) is 0 Å². The van der Waals surface area contributed by atoms with E-state index >= 15 is 0 Å². The fourth-order valence-corrected chi connectivity index (χ4v) is 3.80. The van der Waals surface area contributed by atoms with E-state index in [2.05, 4.69) is 28.2 Å². The quantitative estimate of drug-likeness (QED) is 0.799. The van der Waals surface area contributed by atoms with Gasteiger partial charge >= 0.3 is 0 Å². The SMILES string of the molecule is Cc1cc(Br)c(=O)n2c1CNC21CCCCC1. The van der Waals surface area contributed by atoms with Gasteiger partial charge in [-0.25, -0.2) is 0 Å². The zero-order valence-corrected chi connectivity index (χ0v) is 11.6. The smallest absolute Gasteiger partial charge is 0.266 e. The molecule has 0 saturated heterocycles. The van der Waals surface area contributed by atoms with Gasteiger partial charge in [0, 0.05) is 12.2 Å². The molecule has 1 saturated carbocycles. The fraction of sp³-hybridized carbons (Fsp3) is 0.615. The van der Waals surface area contributed by atoms with Crippen LogP contribution in [0.5, 0.6) is 0 Å². The van der Waals surface area contributed by atoms with E-state index < -0.39 is 0 Å². The highest BCUT2D eigenvalue weighted by atomic mass is 79.9.